The van der Waals surface area contributed by atoms with Gasteiger partial charge in [-0.15, -0.1) is 0 Å². The van der Waals surface area contributed by atoms with Crippen molar-refractivity contribution >= 4 is 28.1 Å². The molecule has 8 heteroatoms. The van der Waals surface area contributed by atoms with Gasteiger partial charge in [0.15, 0.2) is 0 Å². The molecule has 0 aliphatic carbocycles. The number of anilines is 1. The van der Waals surface area contributed by atoms with E-state index in [2.05, 4.69) is 5.32 Å². The molecule has 0 aliphatic heterocycles. The van der Waals surface area contributed by atoms with Crippen LogP contribution in [0.25, 0.3) is 27.7 Å². The molecule has 3 aromatic carbocycles. The number of furan rings is 1. The third-order valence-corrected chi connectivity index (χ3v) is 5.51. The third kappa shape index (κ3) is 5.16. The molecule has 4 rings (SSSR count). The first-order valence-electron chi connectivity index (χ1n) is 10.6. The van der Waals surface area contributed by atoms with Crippen molar-refractivity contribution in [2.45, 2.75) is 13.1 Å². The Bertz CT molecular complexity index is 1420. The van der Waals surface area contributed by atoms with Crippen molar-refractivity contribution in [2.75, 3.05) is 19.5 Å². The molecule has 1 N–H and O–H groups in total. The SMILES string of the molecule is COc1cccc(-c2coc3cc(OC)c(/C(C)=C/C(=O)Nc4cccc(C(F)(F)F)c4)cc23)c1. The van der Waals surface area contributed by atoms with E-state index in [0.29, 0.717) is 28.2 Å². The summed E-state index contributed by atoms with van der Waals surface area (Å²) in [5, 5.41) is 3.29. The Morgan fingerprint density at radius 3 is 2.49 bits per heavy atom. The Labute approximate surface area is 199 Å². The van der Waals surface area contributed by atoms with Crippen molar-refractivity contribution in [3.05, 3.63) is 84.1 Å². The lowest BCUT2D eigenvalue weighted by Gasteiger charge is -2.11. The van der Waals surface area contributed by atoms with Crippen LogP contribution < -0.4 is 14.8 Å². The Morgan fingerprint density at radius 1 is 1.00 bits per heavy atom. The van der Waals surface area contributed by atoms with Gasteiger partial charge in [-0.1, -0.05) is 18.2 Å². The molecule has 4 aromatic rings. The highest BCUT2D eigenvalue weighted by molar-refractivity contribution is 6.05. The molecule has 0 unspecified atom stereocenters. The van der Waals surface area contributed by atoms with E-state index in [1.807, 2.05) is 30.3 Å². The number of carbonyl (C=O) groups is 1. The quantitative estimate of drug-likeness (QED) is 0.297. The Kier molecular flexibility index (Phi) is 6.55. The smallest absolute Gasteiger partial charge is 0.416 e. The van der Waals surface area contributed by atoms with Crippen LogP contribution in [0.4, 0.5) is 18.9 Å². The highest BCUT2D eigenvalue weighted by atomic mass is 19.4. The number of rotatable bonds is 6. The highest BCUT2D eigenvalue weighted by Crippen LogP contribution is 2.38. The van der Waals surface area contributed by atoms with Crippen molar-refractivity contribution in [3.8, 4) is 22.6 Å². The zero-order valence-electron chi connectivity index (χ0n) is 19.2. The van der Waals surface area contributed by atoms with Crippen LogP contribution >= 0.6 is 0 Å². The molecular weight excluding hydrogens is 459 g/mol. The van der Waals surface area contributed by atoms with Crippen LogP contribution in [-0.4, -0.2) is 20.1 Å². The van der Waals surface area contributed by atoms with E-state index >= 15 is 0 Å². The monoisotopic (exact) mass is 481 g/mol. The van der Waals surface area contributed by atoms with Crippen LogP contribution in [-0.2, 0) is 11.0 Å². The van der Waals surface area contributed by atoms with Crippen molar-refractivity contribution in [2.24, 2.45) is 0 Å². The second-order valence-electron chi connectivity index (χ2n) is 7.83. The Morgan fingerprint density at radius 2 is 1.77 bits per heavy atom. The normalized spacial score (nSPS) is 12.0. The highest BCUT2D eigenvalue weighted by Gasteiger charge is 2.30. The van der Waals surface area contributed by atoms with E-state index in [4.69, 9.17) is 13.9 Å². The zero-order chi connectivity index (χ0) is 25.2. The molecule has 0 fully saturated rings. The fraction of sp³-hybridized carbons (Fsp3) is 0.148. The molecule has 0 saturated carbocycles. The first kappa shape index (κ1) is 23.9. The van der Waals surface area contributed by atoms with Crippen LogP contribution in [0, 0.1) is 0 Å². The second kappa shape index (κ2) is 9.58. The number of ether oxygens (including phenoxy) is 2. The summed E-state index contributed by atoms with van der Waals surface area (Å²) in [6.07, 6.45) is -1.54. The van der Waals surface area contributed by atoms with Gasteiger partial charge in [0.05, 0.1) is 26.0 Å². The largest absolute Gasteiger partial charge is 0.497 e. The van der Waals surface area contributed by atoms with E-state index in [-0.39, 0.29) is 5.69 Å². The van der Waals surface area contributed by atoms with Gasteiger partial charge in [-0.3, -0.25) is 4.79 Å². The van der Waals surface area contributed by atoms with Gasteiger partial charge in [-0.05, 0) is 54.5 Å². The number of allylic oxidation sites excluding steroid dienone is 1. The first-order chi connectivity index (χ1) is 16.7. The Balaban J connectivity index is 1.68. The van der Waals surface area contributed by atoms with E-state index in [1.165, 1.54) is 25.3 Å². The fourth-order valence-electron chi connectivity index (χ4n) is 3.77. The predicted octanol–water partition coefficient (Wildman–Crippen LogP) is 7.18. The van der Waals surface area contributed by atoms with Gasteiger partial charge in [0.25, 0.3) is 0 Å². The van der Waals surface area contributed by atoms with E-state index in [0.717, 1.165) is 28.6 Å². The molecule has 0 radical (unpaired) electrons. The van der Waals surface area contributed by atoms with Gasteiger partial charge in [0, 0.05) is 34.3 Å². The molecule has 1 aromatic heterocycles. The number of hydrogen-bond acceptors (Lipinski definition) is 4. The fourth-order valence-corrected chi connectivity index (χ4v) is 3.77. The number of nitrogens with one attached hydrogen (secondary N) is 1. The average molecular weight is 481 g/mol. The molecule has 5 nitrogen and oxygen atoms in total. The van der Waals surface area contributed by atoms with Crippen molar-refractivity contribution < 1.29 is 31.9 Å². The summed E-state index contributed by atoms with van der Waals surface area (Å²) in [7, 11) is 3.10. The van der Waals surface area contributed by atoms with E-state index < -0.39 is 17.6 Å². The van der Waals surface area contributed by atoms with Gasteiger partial charge < -0.3 is 19.2 Å². The molecule has 0 bridgehead atoms. The van der Waals surface area contributed by atoms with Crippen molar-refractivity contribution in [1.29, 1.82) is 0 Å². The number of halogens is 3. The number of hydrogen-bond donors (Lipinski definition) is 1. The lowest BCUT2D eigenvalue weighted by Crippen LogP contribution is -2.11. The van der Waals surface area contributed by atoms with Gasteiger partial charge in [0.1, 0.15) is 17.1 Å². The summed E-state index contributed by atoms with van der Waals surface area (Å²) in [5.74, 6) is 0.627. The number of alkyl halides is 3. The maximum absolute atomic E-state index is 13.0. The summed E-state index contributed by atoms with van der Waals surface area (Å²) in [4.78, 5) is 12.6. The molecule has 35 heavy (non-hydrogen) atoms. The number of carbonyl (C=O) groups excluding carboxylic acids is 1. The maximum atomic E-state index is 13.0. The van der Waals surface area contributed by atoms with E-state index in [9.17, 15) is 18.0 Å². The summed E-state index contributed by atoms with van der Waals surface area (Å²) in [6.45, 7) is 1.72. The lowest BCUT2D eigenvalue weighted by atomic mass is 9.99. The van der Waals surface area contributed by atoms with Crippen LogP contribution in [0.1, 0.15) is 18.1 Å². The first-order valence-corrected chi connectivity index (χ1v) is 10.6. The standard InChI is InChI=1S/C27H22F3NO4/c1-16(10-26(32)31-19-8-5-7-18(12-19)27(28,29)30)21-13-22-23(15-35-25(22)14-24(21)34-3)17-6-4-9-20(11-17)33-2/h4-15H,1-3H3,(H,31,32)/b16-10+. The number of amides is 1. The summed E-state index contributed by atoms with van der Waals surface area (Å²) < 4.78 is 55.5. The molecule has 1 heterocycles. The van der Waals surface area contributed by atoms with Crippen LogP contribution in [0.15, 0.2) is 77.4 Å². The minimum absolute atomic E-state index is 0.0476. The summed E-state index contributed by atoms with van der Waals surface area (Å²) >= 11 is 0. The zero-order valence-corrected chi connectivity index (χ0v) is 19.2. The summed E-state index contributed by atoms with van der Waals surface area (Å²) in [5.41, 5.74) is 2.74. The predicted molar refractivity (Wildman–Crippen MR) is 128 cm³/mol. The minimum Gasteiger partial charge on any atom is -0.497 e. The van der Waals surface area contributed by atoms with Crippen LogP contribution in [0.3, 0.4) is 0 Å². The van der Waals surface area contributed by atoms with Gasteiger partial charge >= 0.3 is 6.18 Å². The number of benzene rings is 3. The second-order valence-corrected chi connectivity index (χ2v) is 7.83. The summed E-state index contributed by atoms with van der Waals surface area (Å²) in [6, 6.07) is 15.6. The minimum atomic E-state index is -4.50. The Hall–Kier alpha value is -4.20. The lowest BCUT2D eigenvalue weighted by molar-refractivity contribution is -0.137. The van der Waals surface area contributed by atoms with E-state index in [1.54, 1.807) is 26.4 Å². The molecule has 1 amide bonds. The van der Waals surface area contributed by atoms with Crippen molar-refractivity contribution in [1.82, 2.24) is 0 Å². The van der Waals surface area contributed by atoms with Crippen LogP contribution in [0.2, 0.25) is 0 Å². The molecular formula is C27H22F3NO4. The number of methoxy groups -OCH3 is 2. The molecule has 0 saturated heterocycles. The van der Waals surface area contributed by atoms with Gasteiger partial charge in [-0.2, -0.15) is 13.2 Å². The third-order valence-electron chi connectivity index (χ3n) is 5.51. The molecule has 180 valence electrons. The molecule has 0 aliphatic rings. The average Bonchev–Trinajstić information content (AvgIpc) is 3.25. The van der Waals surface area contributed by atoms with Gasteiger partial charge in [-0.25, -0.2) is 0 Å². The number of fused-ring (bicyclic) bond motifs is 1. The van der Waals surface area contributed by atoms with Crippen molar-refractivity contribution in [3.63, 3.8) is 0 Å². The van der Waals surface area contributed by atoms with Gasteiger partial charge in [0.2, 0.25) is 5.91 Å². The molecule has 0 atom stereocenters. The molecule has 0 spiro atoms. The topological polar surface area (TPSA) is 60.7 Å². The maximum Gasteiger partial charge on any atom is 0.416 e. The van der Waals surface area contributed by atoms with Crippen LogP contribution in [0.5, 0.6) is 11.5 Å².